The third-order valence-electron chi connectivity index (χ3n) is 3.41. The summed E-state index contributed by atoms with van der Waals surface area (Å²) in [7, 11) is 0. The first-order valence-corrected chi connectivity index (χ1v) is 6.59. The summed E-state index contributed by atoms with van der Waals surface area (Å²) >= 11 is 0. The van der Waals surface area contributed by atoms with Crippen LogP contribution in [0.2, 0.25) is 0 Å². The first-order valence-electron chi connectivity index (χ1n) is 6.59. The van der Waals surface area contributed by atoms with Gasteiger partial charge in [-0.25, -0.2) is 4.39 Å². The van der Waals surface area contributed by atoms with Gasteiger partial charge < -0.3 is 16.0 Å². The van der Waals surface area contributed by atoms with Gasteiger partial charge in [0.2, 0.25) is 5.91 Å². The van der Waals surface area contributed by atoms with Crippen molar-refractivity contribution in [3.63, 3.8) is 0 Å². The zero-order valence-electron chi connectivity index (χ0n) is 11.4. The number of halogens is 1. The lowest BCUT2D eigenvalue weighted by molar-refractivity contribution is -0.119. The van der Waals surface area contributed by atoms with Crippen molar-refractivity contribution in [2.45, 2.75) is 25.8 Å². The standard InChI is InChI=1S/C14H18FN3O2/c1-9(19)17-11-4-6-18(7-5-11)14(20)12-3-2-10(16)8-13(12)15/h2-3,8,11H,4-7,16H2,1H3,(H,17,19). The van der Waals surface area contributed by atoms with E-state index in [-0.39, 0.29) is 23.4 Å². The quantitative estimate of drug-likeness (QED) is 0.797. The second-order valence-corrected chi connectivity index (χ2v) is 5.01. The Morgan fingerprint density at radius 1 is 1.35 bits per heavy atom. The van der Waals surface area contributed by atoms with E-state index in [0.29, 0.717) is 31.6 Å². The van der Waals surface area contributed by atoms with Gasteiger partial charge >= 0.3 is 0 Å². The molecule has 1 fully saturated rings. The van der Waals surface area contributed by atoms with Crippen LogP contribution in [0.3, 0.4) is 0 Å². The molecule has 3 N–H and O–H groups in total. The normalized spacial score (nSPS) is 16.0. The third kappa shape index (κ3) is 3.26. The number of nitrogens with one attached hydrogen (secondary N) is 1. The molecule has 1 aliphatic rings. The number of hydrogen-bond acceptors (Lipinski definition) is 3. The van der Waals surface area contributed by atoms with Crippen molar-refractivity contribution in [2.24, 2.45) is 0 Å². The molecule has 0 aromatic heterocycles. The number of rotatable bonds is 2. The van der Waals surface area contributed by atoms with Crippen molar-refractivity contribution in [3.05, 3.63) is 29.6 Å². The highest BCUT2D eigenvalue weighted by Crippen LogP contribution is 2.17. The molecule has 20 heavy (non-hydrogen) atoms. The number of carbonyl (C=O) groups is 2. The second-order valence-electron chi connectivity index (χ2n) is 5.01. The van der Waals surface area contributed by atoms with E-state index >= 15 is 0 Å². The van der Waals surface area contributed by atoms with Gasteiger partial charge in [-0.05, 0) is 31.0 Å². The number of nitrogens with zero attached hydrogens (tertiary/aromatic N) is 1. The van der Waals surface area contributed by atoms with Gasteiger partial charge in [-0.3, -0.25) is 9.59 Å². The van der Waals surface area contributed by atoms with Crippen LogP contribution in [0.4, 0.5) is 10.1 Å². The number of nitrogens with two attached hydrogens (primary N) is 1. The van der Waals surface area contributed by atoms with Crippen LogP contribution in [0.25, 0.3) is 0 Å². The van der Waals surface area contributed by atoms with Gasteiger partial charge in [0.05, 0.1) is 5.56 Å². The van der Waals surface area contributed by atoms with Crippen molar-refractivity contribution in [2.75, 3.05) is 18.8 Å². The minimum Gasteiger partial charge on any atom is -0.399 e. The average molecular weight is 279 g/mol. The monoisotopic (exact) mass is 279 g/mol. The third-order valence-corrected chi connectivity index (χ3v) is 3.41. The summed E-state index contributed by atoms with van der Waals surface area (Å²) < 4.78 is 13.7. The van der Waals surface area contributed by atoms with Gasteiger partial charge in [0.15, 0.2) is 0 Å². The summed E-state index contributed by atoms with van der Waals surface area (Å²) in [6.45, 7) is 2.49. The van der Waals surface area contributed by atoms with Gasteiger partial charge in [-0.15, -0.1) is 0 Å². The molecule has 1 aromatic rings. The summed E-state index contributed by atoms with van der Waals surface area (Å²) in [4.78, 5) is 24.8. The predicted octanol–water partition coefficient (Wildman–Crippen LogP) is 1.15. The van der Waals surface area contributed by atoms with Gasteiger partial charge in [0.1, 0.15) is 5.82 Å². The zero-order valence-corrected chi connectivity index (χ0v) is 11.4. The smallest absolute Gasteiger partial charge is 0.256 e. The molecule has 0 spiro atoms. The fraction of sp³-hybridized carbons (Fsp3) is 0.429. The van der Waals surface area contributed by atoms with Gasteiger partial charge in [0.25, 0.3) is 5.91 Å². The lowest BCUT2D eigenvalue weighted by atomic mass is 10.0. The Bertz CT molecular complexity index is 525. The average Bonchev–Trinajstić information content (AvgIpc) is 2.38. The maximum atomic E-state index is 13.7. The molecule has 1 aromatic carbocycles. The highest BCUT2D eigenvalue weighted by molar-refractivity contribution is 5.94. The Morgan fingerprint density at radius 3 is 2.55 bits per heavy atom. The Kier molecular flexibility index (Phi) is 4.22. The molecule has 1 saturated heterocycles. The predicted molar refractivity (Wildman–Crippen MR) is 73.6 cm³/mol. The summed E-state index contributed by atoms with van der Waals surface area (Å²) in [5, 5.41) is 2.83. The Hall–Kier alpha value is -2.11. The van der Waals surface area contributed by atoms with Crippen molar-refractivity contribution < 1.29 is 14.0 Å². The Balaban J connectivity index is 1.99. The van der Waals surface area contributed by atoms with E-state index in [1.54, 1.807) is 4.90 Å². The summed E-state index contributed by atoms with van der Waals surface area (Å²) in [5.41, 5.74) is 5.80. The topological polar surface area (TPSA) is 75.4 Å². The molecule has 5 nitrogen and oxygen atoms in total. The lowest BCUT2D eigenvalue weighted by Crippen LogP contribution is -2.46. The first kappa shape index (κ1) is 14.3. The van der Waals surface area contributed by atoms with E-state index in [0.717, 1.165) is 6.07 Å². The molecule has 1 heterocycles. The molecule has 6 heteroatoms. The number of piperidine rings is 1. The number of hydrogen-bond donors (Lipinski definition) is 2. The number of nitrogen functional groups attached to an aromatic ring is 1. The molecular formula is C14H18FN3O2. The molecular weight excluding hydrogens is 261 g/mol. The first-order chi connectivity index (χ1) is 9.47. The molecule has 108 valence electrons. The number of amides is 2. The van der Waals surface area contributed by atoms with Crippen LogP contribution in [0.5, 0.6) is 0 Å². The summed E-state index contributed by atoms with van der Waals surface area (Å²) in [6, 6.07) is 4.16. The van der Waals surface area contributed by atoms with Crippen LogP contribution in [-0.4, -0.2) is 35.8 Å². The van der Waals surface area contributed by atoms with Crippen molar-refractivity contribution in [3.8, 4) is 0 Å². The van der Waals surface area contributed by atoms with Crippen molar-refractivity contribution in [1.29, 1.82) is 0 Å². The SMILES string of the molecule is CC(=O)NC1CCN(C(=O)c2ccc(N)cc2F)CC1. The molecule has 2 rings (SSSR count). The van der Waals surface area contributed by atoms with Crippen LogP contribution in [0.1, 0.15) is 30.1 Å². The summed E-state index contributed by atoms with van der Waals surface area (Å²) in [5.74, 6) is -0.998. The molecule has 0 atom stereocenters. The zero-order chi connectivity index (χ0) is 14.7. The molecule has 0 unspecified atom stereocenters. The van der Waals surface area contributed by atoms with Crippen LogP contribution in [0.15, 0.2) is 18.2 Å². The Labute approximate surface area is 116 Å². The fourth-order valence-corrected chi connectivity index (χ4v) is 2.39. The number of benzene rings is 1. The number of anilines is 1. The van der Waals surface area contributed by atoms with Crippen molar-refractivity contribution in [1.82, 2.24) is 10.2 Å². The van der Waals surface area contributed by atoms with Crippen LogP contribution in [0, 0.1) is 5.82 Å². The maximum absolute atomic E-state index is 13.7. The van der Waals surface area contributed by atoms with E-state index in [1.165, 1.54) is 19.1 Å². The summed E-state index contributed by atoms with van der Waals surface area (Å²) in [6.07, 6.45) is 1.36. The van der Waals surface area contributed by atoms with Gasteiger partial charge in [0, 0.05) is 31.7 Å². The van der Waals surface area contributed by atoms with Gasteiger partial charge in [-0.1, -0.05) is 0 Å². The molecule has 0 aliphatic carbocycles. The van der Waals surface area contributed by atoms with Crippen LogP contribution < -0.4 is 11.1 Å². The number of likely N-dealkylation sites (tertiary alicyclic amines) is 1. The minimum absolute atomic E-state index is 0.0391. The van der Waals surface area contributed by atoms with E-state index < -0.39 is 5.82 Å². The largest absolute Gasteiger partial charge is 0.399 e. The molecule has 2 amide bonds. The maximum Gasteiger partial charge on any atom is 0.256 e. The highest BCUT2D eigenvalue weighted by atomic mass is 19.1. The van der Waals surface area contributed by atoms with E-state index in [2.05, 4.69) is 5.32 Å². The molecule has 0 radical (unpaired) electrons. The highest BCUT2D eigenvalue weighted by Gasteiger charge is 2.25. The van der Waals surface area contributed by atoms with E-state index in [9.17, 15) is 14.0 Å². The van der Waals surface area contributed by atoms with Gasteiger partial charge in [-0.2, -0.15) is 0 Å². The van der Waals surface area contributed by atoms with E-state index in [1.807, 2.05) is 0 Å². The molecule has 0 saturated carbocycles. The second kappa shape index (κ2) is 5.90. The molecule has 0 bridgehead atoms. The van der Waals surface area contributed by atoms with E-state index in [4.69, 9.17) is 5.73 Å². The fourth-order valence-electron chi connectivity index (χ4n) is 2.39. The van der Waals surface area contributed by atoms with Crippen molar-refractivity contribution >= 4 is 17.5 Å². The number of carbonyl (C=O) groups excluding carboxylic acids is 2. The lowest BCUT2D eigenvalue weighted by Gasteiger charge is -2.32. The van der Waals surface area contributed by atoms with Crippen LogP contribution in [-0.2, 0) is 4.79 Å². The van der Waals surface area contributed by atoms with Crippen LogP contribution >= 0.6 is 0 Å². The Morgan fingerprint density at radius 2 is 2.00 bits per heavy atom. The minimum atomic E-state index is -0.598. The molecule has 1 aliphatic heterocycles.